The lowest BCUT2D eigenvalue weighted by molar-refractivity contribution is 0.198. The summed E-state index contributed by atoms with van der Waals surface area (Å²) >= 11 is 0. The third kappa shape index (κ3) is 8.31. The van der Waals surface area contributed by atoms with Crippen molar-refractivity contribution < 1.29 is 0 Å². The zero-order chi connectivity index (χ0) is 19.7. The van der Waals surface area contributed by atoms with Crippen LogP contribution >= 0.6 is 0 Å². The highest BCUT2D eigenvalue weighted by atomic mass is 15.2. The molecule has 1 aliphatic heterocycles. The molecule has 0 spiro atoms. The molecule has 27 heavy (non-hydrogen) atoms. The molecule has 0 aliphatic carbocycles. The van der Waals surface area contributed by atoms with E-state index in [9.17, 15) is 0 Å². The lowest BCUT2D eigenvalue weighted by Gasteiger charge is -2.33. The standard InChI is InChI=1S/C22H39N5/c1-6-23-21(24-13-14-25-22(3,4)5)26-20-11-15-27(16-12-20)17-19-10-8-7-9-18(19)2/h7-10,20,25H,6,11-17H2,1-5H3,(H2,23,24,26). The first kappa shape index (κ1) is 21.7. The van der Waals surface area contributed by atoms with Crippen LogP contribution in [-0.2, 0) is 6.54 Å². The van der Waals surface area contributed by atoms with Crippen molar-refractivity contribution in [3.8, 4) is 0 Å². The van der Waals surface area contributed by atoms with Crippen molar-refractivity contribution in [3.63, 3.8) is 0 Å². The number of guanidine groups is 1. The number of aryl methyl sites for hydroxylation is 1. The number of piperidine rings is 1. The van der Waals surface area contributed by atoms with Crippen LogP contribution in [0.3, 0.4) is 0 Å². The second-order valence-electron chi connectivity index (χ2n) is 8.56. The first-order valence-corrected chi connectivity index (χ1v) is 10.4. The molecule has 2 rings (SSSR count). The summed E-state index contributed by atoms with van der Waals surface area (Å²) in [5, 5.41) is 10.5. The fourth-order valence-electron chi connectivity index (χ4n) is 3.38. The Hall–Kier alpha value is -1.59. The van der Waals surface area contributed by atoms with Gasteiger partial charge in [-0.3, -0.25) is 9.89 Å². The van der Waals surface area contributed by atoms with Gasteiger partial charge in [0, 0.05) is 44.3 Å². The van der Waals surface area contributed by atoms with Crippen LogP contribution in [0.5, 0.6) is 0 Å². The van der Waals surface area contributed by atoms with Crippen molar-refractivity contribution in [3.05, 3.63) is 35.4 Å². The van der Waals surface area contributed by atoms with Crippen molar-refractivity contribution in [2.75, 3.05) is 32.7 Å². The molecule has 0 unspecified atom stereocenters. The highest BCUT2D eigenvalue weighted by molar-refractivity contribution is 5.80. The van der Waals surface area contributed by atoms with E-state index in [4.69, 9.17) is 4.99 Å². The number of nitrogens with one attached hydrogen (secondary N) is 3. The highest BCUT2D eigenvalue weighted by Crippen LogP contribution is 2.16. The summed E-state index contributed by atoms with van der Waals surface area (Å²) in [6.07, 6.45) is 2.33. The number of nitrogens with zero attached hydrogens (tertiary/aromatic N) is 2. The predicted octanol–water partition coefficient (Wildman–Crippen LogP) is 2.90. The summed E-state index contributed by atoms with van der Waals surface area (Å²) in [5.74, 6) is 0.950. The van der Waals surface area contributed by atoms with Crippen molar-refractivity contribution in [1.82, 2.24) is 20.9 Å². The molecule has 1 heterocycles. The lowest BCUT2D eigenvalue weighted by Crippen LogP contribution is -2.48. The maximum atomic E-state index is 4.73. The average Bonchev–Trinajstić information content (AvgIpc) is 2.61. The number of hydrogen-bond acceptors (Lipinski definition) is 3. The Morgan fingerprint density at radius 2 is 1.89 bits per heavy atom. The van der Waals surface area contributed by atoms with Gasteiger partial charge in [0.05, 0.1) is 6.54 Å². The summed E-state index contributed by atoms with van der Waals surface area (Å²) in [6.45, 7) is 16.8. The van der Waals surface area contributed by atoms with E-state index < -0.39 is 0 Å². The van der Waals surface area contributed by atoms with Gasteiger partial charge in [0.1, 0.15) is 0 Å². The monoisotopic (exact) mass is 373 g/mol. The quantitative estimate of drug-likeness (QED) is 0.391. The summed E-state index contributed by atoms with van der Waals surface area (Å²) < 4.78 is 0. The van der Waals surface area contributed by atoms with E-state index >= 15 is 0 Å². The van der Waals surface area contributed by atoms with E-state index in [0.717, 1.165) is 58.1 Å². The fourth-order valence-corrected chi connectivity index (χ4v) is 3.38. The Balaban J connectivity index is 1.77. The van der Waals surface area contributed by atoms with Gasteiger partial charge in [-0.1, -0.05) is 24.3 Å². The van der Waals surface area contributed by atoms with Gasteiger partial charge in [-0.15, -0.1) is 0 Å². The Kier molecular flexibility index (Phi) is 8.58. The number of hydrogen-bond donors (Lipinski definition) is 3. The summed E-state index contributed by atoms with van der Waals surface area (Å²) in [5.41, 5.74) is 2.99. The van der Waals surface area contributed by atoms with Gasteiger partial charge >= 0.3 is 0 Å². The largest absolute Gasteiger partial charge is 0.357 e. The van der Waals surface area contributed by atoms with Crippen LogP contribution < -0.4 is 16.0 Å². The van der Waals surface area contributed by atoms with Crippen LogP contribution in [0, 0.1) is 6.92 Å². The number of rotatable bonds is 7. The van der Waals surface area contributed by atoms with E-state index in [2.05, 4.69) is 79.7 Å². The fraction of sp³-hybridized carbons (Fsp3) is 0.682. The molecule has 1 fully saturated rings. The predicted molar refractivity (Wildman–Crippen MR) is 116 cm³/mol. The number of aliphatic imine (C=N–C) groups is 1. The first-order chi connectivity index (χ1) is 12.9. The van der Waals surface area contributed by atoms with Crippen molar-refractivity contribution in [2.24, 2.45) is 4.99 Å². The highest BCUT2D eigenvalue weighted by Gasteiger charge is 2.20. The molecular weight excluding hydrogens is 334 g/mol. The molecule has 5 heteroatoms. The maximum absolute atomic E-state index is 4.73. The third-order valence-corrected chi connectivity index (χ3v) is 4.96. The van der Waals surface area contributed by atoms with Crippen molar-refractivity contribution in [1.29, 1.82) is 0 Å². The molecular formula is C22H39N5. The van der Waals surface area contributed by atoms with Crippen LogP contribution in [0.2, 0.25) is 0 Å². The molecule has 5 nitrogen and oxygen atoms in total. The molecule has 0 saturated carbocycles. The van der Waals surface area contributed by atoms with Crippen LogP contribution in [0.25, 0.3) is 0 Å². The van der Waals surface area contributed by atoms with Gasteiger partial charge in [-0.25, -0.2) is 0 Å². The van der Waals surface area contributed by atoms with Gasteiger partial charge in [0.2, 0.25) is 0 Å². The van der Waals surface area contributed by atoms with E-state index in [-0.39, 0.29) is 5.54 Å². The van der Waals surface area contributed by atoms with Gasteiger partial charge < -0.3 is 16.0 Å². The van der Waals surface area contributed by atoms with Gasteiger partial charge in [-0.2, -0.15) is 0 Å². The Labute approximate surface area is 166 Å². The smallest absolute Gasteiger partial charge is 0.191 e. The van der Waals surface area contributed by atoms with Crippen LogP contribution in [-0.4, -0.2) is 55.2 Å². The molecule has 0 aromatic heterocycles. The van der Waals surface area contributed by atoms with E-state index in [1.807, 2.05) is 0 Å². The number of benzene rings is 1. The zero-order valence-corrected chi connectivity index (χ0v) is 17.9. The molecule has 0 radical (unpaired) electrons. The molecule has 152 valence electrons. The van der Waals surface area contributed by atoms with E-state index in [0.29, 0.717) is 6.04 Å². The normalized spacial score (nSPS) is 17.1. The molecule has 0 atom stereocenters. The minimum atomic E-state index is 0.144. The second kappa shape index (κ2) is 10.7. The van der Waals surface area contributed by atoms with Crippen molar-refractivity contribution >= 4 is 5.96 Å². The molecule has 1 saturated heterocycles. The lowest BCUT2D eigenvalue weighted by atomic mass is 10.0. The van der Waals surface area contributed by atoms with Crippen molar-refractivity contribution in [2.45, 2.75) is 65.6 Å². The summed E-state index contributed by atoms with van der Waals surface area (Å²) in [6, 6.07) is 9.22. The number of likely N-dealkylation sites (tertiary alicyclic amines) is 1. The first-order valence-electron chi connectivity index (χ1n) is 10.4. The average molecular weight is 374 g/mol. The Morgan fingerprint density at radius 1 is 1.19 bits per heavy atom. The molecule has 0 bridgehead atoms. The van der Waals surface area contributed by atoms with Crippen LogP contribution in [0.4, 0.5) is 0 Å². The SMILES string of the molecule is CCNC(=NCCNC(C)(C)C)NC1CCN(Cc2ccccc2C)CC1. The summed E-state index contributed by atoms with van der Waals surface area (Å²) in [4.78, 5) is 7.29. The molecule has 3 N–H and O–H groups in total. The molecule has 1 aliphatic rings. The Bertz CT molecular complexity index is 583. The molecule has 0 amide bonds. The summed E-state index contributed by atoms with van der Waals surface area (Å²) in [7, 11) is 0. The maximum Gasteiger partial charge on any atom is 0.191 e. The van der Waals surface area contributed by atoms with Gasteiger partial charge in [0.15, 0.2) is 5.96 Å². The van der Waals surface area contributed by atoms with E-state index in [1.165, 1.54) is 11.1 Å². The van der Waals surface area contributed by atoms with E-state index in [1.54, 1.807) is 0 Å². The van der Waals surface area contributed by atoms with Crippen LogP contribution in [0.1, 0.15) is 51.7 Å². The van der Waals surface area contributed by atoms with Gasteiger partial charge in [0.25, 0.3) is 0 Å². The topological polar surface area (TPSA) is 51.7 Å². The molecule has 1 aromatic carbocycles. The minimum absolute atomic E-state index is 0.144. The van der Waals surface area contributed by atoms with Gasteiger partial charge in [-0.05, 0) is 58.6 Å². The molecule has 1 aromatic rings. The second-order valence-corrected chi connectivity index (χ2v) is 8.56. The zero-order valence-electron chi connectivity index (χ0n) is 17.9. The Morgan fingerprint density at radius 3 is 2.52 bits per heavy atom. The minimum Gasteiger partial charge on any atom is -0.357 e. The van der Waals surface area contributed by atoms with Crippen LogP contribution in [0.15, 0.2) is 29.3 Å². The third-order valence-electron chi connectivity index (χ3n) is 4.96.